The number of carboxylic acid groups (broad SMARTS) is 1. The lowest BCUT2D eigenvalue weighted by molar-refractivity contribution is -0.140. The van der Waals surface area contributed by atoms with Gasteiger partial charge in [-0.15, -0.1) is 11.8 Å². The first-order valence-corrected chi connectivity index (χ1v) is 10.7. The fourth-order valence-corrected chi connectivity index (χ4v) is 4.42. The topological polar surface area (TPSA) is 76.1 Å². The van der Waals surface area contributed by atoms with Crippen LogP contribution in [-0.4, -0.2) is 53.4 Å². The first kappa shape index (κ1) is 19.9. The van der Waals surface area contributed by atoms with Crippen LogP contribution in [0.1, 0.15) is 44.9 Å². The molecule has 7 heteroatoms. The van der Waals surface area contributed by atoms with Gasteiger partial charge in [0, 0.05) is 42.5 Å². The summed E-state index contributed by atoms with van der Waals surface area (Å²) >= 11 is 1.63. The fraction of sp³-hybridized carbons (Fsp3) is 0.600. The van der Waals surface area contributed by atoms with E-state index in [-0.39, 0.29) is 18.4 Å². The number of piperidine rings is 1. The number of hydrogen-bond acceptors (Lipinski definition) is 5. The molecule has 1 amide bonds. The molecule has 0 aliphatic carbocycles. The Bertz CT molecular complexity index is 666. The molecular weight excluding hydrogens is 366 g/mol. The SMILES string of the molecule is O=C(O)CCC1CCCCN1C(=O)CCSc1ccc2c(c1)OCCCO2. The molecule has 1 saturated heterocycles. The van der Waals surface area contributed by atoms with Gasteiger partial charge < -0.3 is 19.5 Å². The zero-order chi connectivity index (χ0) is 19.1. The average Bonchev–Trinajstić information content (AvgIpc) is 2.91. The molecule has 1 aromatic carbocycles. The fourth-order valence-electron chi connectivity index (χ4n) is 3.55. The predicted molar refractivity (Wildman–Crippen MR) is 104 cm³/mol. The summed E-state index contributed by atoms with van der Waals surface area (Å²) in [6.45, 7) is 2.08. The number of nitrogens with zero attached hydrogens (tertiary/aromatic N) is 1. The lowest BCUT2D eigenvalue weighted by atomic mass is 9.97. The van der Waals surface area contributed by atoms with E-state index < -0.39 is 5.97 Å². The smallest absolute Gasteiger partial charge is 0.303 e. The van der Waals surface area contributed by atoms with E-state index >= 15 is 0 Å². The Morgan fingerprint density at radius 2 is 1.93 bits per heavy atom. The standard InChI is InChI=1S/C20H27NO5S/c22-19(21-10-2-1-4-15(21)5-8-20(23)24)9-13-27-16-6-7-17-18(14-16)26-12-3-11-25-17/h6-7,14-15H,1-5,8-13H2,(H,23,24). The van der Waals surface area contributed by atoms with E-state index in [1.165, 1.54) is 0 Å². The van der Waals surface area contributed by atoms with Crippen LogP contribution in [0.3, 0.4) is 0 Å². The molecule has 0 aromatic heterocycles. The number of ether oxygens (including phenoxy) is 2. The summed E-state index contributed by atoms with van der Waals surface area (Å²) < 4.78 is 11.4. The molecule has 2 heterocycles. The molecule has 0 radical (unpaired) electrons. The summed E-state index contributed by atoms with van der Waals surface area (Å²) in [5.74, 6) is 1.58. The molecule has 1 unspecified atom stereocenters. The summed E-state index contributed by atoms with van der Waals surface area (Å²) in [6, 6.07) is 5.98. The Labute approximate surface area is 164 Å². The van der Waals surface area contributed by atoms with Crippen molar-refractivity contribution < 1.29 is 24.2 Å². The summed E-state index contributed by atoms with van der Waals surface area (Å²) in [6.07, 6.45) is 5.00. The molecule has 27 heavy (non-hydrogen) atoms. The molecule has 0 spiro atoms. The van der Waals surface area contributed by atoms with E-state index in [1.807, 2.05) is 23.1 Å². The minimum atomic E-state index is -0.794. The lowest BCUT2D eigenvalue weighted by Crippen LogP contribution is -2.44. The van der Waals surface area contributed by atoms with Gasteiger partial charge in [-0.3, -0.25) is 9.59 Å². The second-order valence-corrected chi connectivity index (χ2v) is 8.09. The Morgan fingerprint density at radius 1 is 1.11 bits per heavy atom. The Morgan fingerprint density at radius 3 is 2.74 bits per heavy atom. The first-order valence-electron chi connectivity index (χ1n) is 9.67. The molecule has 0 saturated carbocycles. The number of thioether (sulfide) groups is 1. The third kappa shape index (κ3) is 5.79. The molecule has 1 aromatic rings. The Hall–Kier alpha value is -1.89. The van der Waals surface area contributed by atoms with Crippen molar-refractivity contribution in [3.63, 3.8) is 0 Å². The van der Waals surface area contributed by atoms with E-state index in [9.17, 15) is 9.59 Å². The number of amides is 1. The van der Waals surface area contributed by atoms with Gasteiger partial charge in [0.05, 0.1) is 13.2 Å². The Balaban J connectivity index is 1.49. The minimum absolute atomic E-state index is 0.0744. The molecule has 0 bridgehead atoms. The molecule has 3 rings (SSSR count). The molecule has 1 N–H and O–H groups in total. The van der Waals surface area contributed by atoms with Crippen LogP contribution in [0.25, 0.3) is 0 Å². The average molecular weight is 394 g/mol. The number of carboxylic acids is 1. The number of carbonyl (C=O) groups excluding carboxylic acids is 1. The predicted octanol–water partition coefficient (Wildman–Crippen LogP) is 3.58. The first-order chi connectivity index (χ1) is 13.1. The quantitative estimate of drug-likeness (QED) is 0.714. The monoisotopic (exact) mass is 393 g/mol. The van der Waals surface area contributed by atoms with Crippen molar-refractivity contribution in [2.45, 2.75) is 55.9 Å². The van der Waals surface area contributed by atoms with E-state index in [2.05, 4.69) is 0 Å². The Kier molecular flexibility index (Phi) is 7.26. The highest BCUT2D eigenvalue weighted by molar-refractivity contribution is 7.99. The van der Waals surface area contributed by atoms with E-state index in [0.29, 0.717) is 31.8 Å². The second-order valence-electron chi connectivity index (χ2n) is 6.93. The lowest BCUT2D eigenvalue weighted by Gasteiger charge is -2.35. The molecule has 6 nitrogen and oxygen atoms in total. The summed E-state index contributed by atoms with van der Waals surface area (Å²) in [5, 5.41) is 8.91. The number of hydrogen-bond donors (Lipinski definition) is 1. The van der Waals surface area contributed by atoms with E-state index in [1.54, 1.807) is 11.8 Å². The van der Waals surface area contributed by atoms with Crippen molar-refractivity contribution in [3.05, 3.63) is 18.2 Å². The third-order valence-corrected chi connectivity index (χ3v) is 5.94. The van der Waals surface area contributed by atoms with E-state index in [0.717, 1.165) is 48.6 Å². The van der Waals surface area contributed by atoms with Crippen molar-refractivity contribution in [2.24, 2.45) is 0 Å². The van der Waals surface area contributed by atoms with Gasteiger partial charge in [0.25, 0.3) is 0 Å². The zero-order valence-corrected chi connectivity index (χ0v) is 16.3. The highest BCUT2D eigenvalue weighted by atomic mass is 32.2. The number of benzene rings is 1. The van der Waals surface area contributed by atoms with Crippen molar-refractivity contribution >= 4 is 23.6 Å². The van der Waals surface area contributed by atoms with Crippen LogP contribution < -0.4 is 9.47 Å². The number of rotatable bonds is 7. The minimum Gasteiger partial charge on any atom is -0.490 e. The van der Waals surface area contributed by atoms with Crippen molar-refractivity contribution in [1.29, 1.82) is 0 Å². The van der Waals surface area contributed by atoms with Crippen LogP contribution in [0.5, 0.6) is 11.5 Å². The second kappa shape index (κ2) is 9.88. The van der Waals surface area contributed by atoms with Gasteiger partial charge in [0.15, 0.2) is 11.5 Å². The number of fused-ring (bicyclic) bond motifs is 1. The molecule has 1 atom stereocenters. The highest BCUT2D eigenvalue weighted by Crippen LogP contribution is 2.34. The van der Waals surface area contributed by atoms with Crippen LogP contribution in [-0.2, 0) is 9.59 Å². The molecule has 1 fully saturated rings. The number of likely N-dealkylation sites (tertiary alicyclic amines) is 1. The largest absolute Gasteiger partial charge is 0.490 e. The summed E-state index contributed by atoms with van der Waals surface area (Å²) in [7, 11) is 0. The van der Waals surface area contributed by atoms with Crippen LogP contribution in [0.4, 0.5) is 0 Å². The van der Waals surface area contributed by atoms with Gasteiger partial charge in [-0.05, 0) is 43.9 Å². The van der Waals surface area contributed by atoms with Gasteiger partial charge in [-0.1, -0.05) is 0 Å². The normalized spacial score (nSPS) is 19.4. The molecule has 148 valence electrons. The maximum absolute atomic E-state index is 12.6. The van der Waals surface area contributed by atoms with Gasteiger partial charge in [-0.25, -0.2) is 0 Å². The molecule has 2 aliphatic rings. The van der Waals surface area contributed by atoms with Crippen LogP contribution in [0, 0.1) is 0 Å². The molecular formula is C20H27NO5S. The van der Waals surface area contributed by atoms with Gasteiger partial charge in [0.2, 0.25) is 5.91 Å². The summed E-state index contributed by atoms with van der Waals surface area (Å²) in [5.41, 5.74) is 0. The molecule has 2 aliphatic heterocycles. The van der Waals surface area contributed by atoms with Crippen LogP contribution in [0.2, 0.25) is 0 Å². The van der Waals surface area contributed by atoms with Crippen molar-refractivity contribution in [1.82, 2.24) is 4.90 Å². The van der Waals surface area contributed by atoms with Crippen molar-refractivity contribution in [2.75, 3.05) is 25.5 Å². The van der Waals surface area contributed by atoms with E-state index in [4.69, 9.17) is 14.6 Å². The highest BCUT2D eigenvalue weighted by Gasteiger charge is 2.26. The zero-order valence-electron chi connectivity index (χ0n) is 15.5. The summed E-state index contributed by atoms with van der Waals surface area (Å²) in [4.78, 5) is 26.5. The van der Waals surface area contributed by atoms with Gasteiger partial charge in [0.1, 0.15) is 0 Å². The number of carbonyl (C=O) groups is 2. The van der Waals surface area contributed by atoms with Crippen LogP contribution >= 0.6 is 11.8 Å². The van der Waals surface area contributed by atoms with Gasteiger partial charge >= 0.3 is 5.97 Å². The maximum atomic E-state index is 12.6. The maximum Gasteiger partial charge on any atom is 0.303 e. The van der Waals surface area contributed by atoms with Gasteiger partial charge in [-0.2, -0.15) is 0 Å². The van der Waals surface area contributed by atoms with Crippen molar-refractivity contribution in [3.8, 4) is 11.5 Å². The number of aliphatic carboxylic acids is 1. The van der Waals surface area contributed by atoms with Crippen LogP contribution in [0.15, 0.2) is 23.1 Å². The third-order valence-electron chi connectivity index (χ3n) is 4.94.